The van der Waals surface area contributed by atoms with E-state index in [-0.39, 0.29) is 37.5 Å². The molecule has 0 saturated heterocycles. The molecule has 2 amide bonds. The van der Waals surface area contributed by atoms with E-state index in [4.69, 9.17) is 9.47 Å². The fourth-order valence-electron chi connectivity index (χ4n) is 3.75. The first-order valence-corrected chi connectivity index (χ1v) is 9.67. The Hall–Kier alpha value is -3.02. The van der Waals surface area contributed by atoms with Crippen LogP contribution in [0.15, 0.2) is 42.5 Å². The van der Waals surface area contributed by atoms with Crippen molar-refractivity contribution in [3.63, 3.8) is 0 Å². The number of rotatable bonds is 5. The van der Waals surface area contributed by atoms with Crippen LogP contribution in [0.2, 0.25) is 0 Å². The number of carbonyl (C=O) groups is 2. The summed E-state index contributed by atoms with van der Waals surface area (Å²) in [5.41, 5.74) is 3.11. The van der Waals surface area contributed by atoms with Crippen LogP contribution >= 0.6 is 0 Å². The number of fused-ring (bicyclic) bond motifs is 2. The van der Waals surface area contributed by atoms with Gasteiger partial charge in [-0.25, -0.2) is 0 Å². The van der Waals surface area contributed by atoms with Gasteiger partial charge in [0.1, 0.15) is 0 Å². The highest BCUT2D eigenvalue weighted by Gasteiger charge is 2.27. The number of para-hydroxylation sites is 1. The molecule has 0 aliphatic carbocycles. The zero-order valence-electron chi connectivity index (χ0n) is 15.9. The predicted molar refractivity (Wildman–Crippen MR) is 105 cm³/mol. The zero-order valence-corrected chi connectivity index (χ0v) is 15.9. The molecule has 2 aromatic rings. The van der Waals surface area contributed by atoms with Crippen LogP contribution in [0.25, 0.3) is 0 Å². The molecule has 0 radical (unpaired) electrons. The summed E-state index contributed by atoms with van der Waals surface area (Å²) in [6.45, 7) is 2.69. The summed E-state index contributed by atoms with van der Waals surface area (Å²) in [6.07, 6.45) is 2.30. The quantitative estimate of drug-likeness (QED) is 0.865. The van der Waals surface area contributed by atoms with Gasteiger partial charge in [0, 0.05) is 31.1 Å². The molecule has 0 spiro atoms. The number of anilines is 1. The first-order valence-electron chi connectivity index (χ1n) is 9.67. The van der Waals surface area contributed by atoms with Gasteiger partial charge in [-0.1, -0.05) is 24.3 Å². The summed E-state index contributed by atoms with van der Waals surface area (Å²) in [7, 11) is 0. The molecule has 6 nitrogen and oxygen atoms in total. The Balaban J connectivity index is 1.30. The molecule has 0 fully saturated rings. The molecule has 0 bridgehead atoms. The van der Waals surface area contributed by atoms with Crippen LogP contribution in [0.4, 0.5) is 5.69 Å². The van der Waals surface area contributed by atoms with Crippen molar-refractivity contribution >= 4 is 17.5 Å². The van der Waals surface area contributed by atoms with Gasteiger partial charge in [-0.2, -0.15) is 0 Å². The second-order valence-electron chi connectivity index (χ2n) is 7.24. The van der Waals surface area contributed by atoms with E-state index in [9.17, 15) is 9.59 Å². The molecule has 2 aromatic carbocycles. The van der Waals surface area contributed by atoms with E-state index in [0.717, 1.165) is 29.8 Å². The molecule has 6 heteroatoms. The average Bonchev–Trinajstić information content (AvgIpc) is 3.18. The molecule has 146 valence electrons. The Bertz CT molecular complexity index is 896. The van der Waals surface area contributed by atoms with Gasteiger partial charge in [-0.3, -0.25) is 9.59 Å². The maximum absolute atomic E-state index is 12.8. The third-order valence-electron chi connectivity index (χ3n) is 5.28. The topological polar surface area (TPSA) is 67.9 Å². The number of hydrogen-bond acceptors (Lipinski definition) is 4. The highest BCUT2D eigenvalue weighted by molar-refractivity contribution is 5.97. The van der Waals surface area contributed by atoms with E-state index >= 15 is 0 Å². The van der Waals surface area contributed by atoms with E-state index in [2.05, 4.69) is 18.3 Å². The highest BCUT2D eigenvalue weighted by Crippen LogP contribution is 2.33. The van der Waals surface area contributed by atoms with Gasteiger partial charge < -0.3 is 19.7 Å². The summed E-state index contributed by atoms with van der Waals surface area (Å²) in [5.74, 6) is 1.28. The van der Waals surface area contributed by atoms with Crippen LogP contribution < -0.4 is 19.7 Å². The normalized spacial score (nSPS) is 17.2. The fraction of sp³-hybridized carbons (Fsp3) is 0.364. The van der Waals surface area contributed by atoms with E-state index in [1.807, 2.05) is 41.3 Å². The van der Waals surface area contributed by atoms with Gasteiger partial charge in [0.05, 0.1) is 0 Å². The number of amides is 2. The van der Waals surface area contributed by atoms with Crippen molar-refractivity contribution in [1.29, 1.82) is 0 Å². The van der Waals surface area contributed by atoms with Crippen LogP contribution in [-0.2, 0) is 22.6 Å². The van der Waals surface area contributed by atoms with Gasteiger partial charge >= 0.3 is 0 Å². The molecular formula is C22H24N2O4. The minimum atomic E-state index is -0.135. The number of nitrogens with one attached hydrogen (secondary N) is 1. The molecule has 0 saturated carbocycles. The second kappa shape index (κ2) is 7.92. The summed E-state index contributed by atoms with van der Waals surface area (Å²) < 4.78 is 10.6. The number of aryl methyl sites for hydroxylation is 1. The fourth-order valence-corrected chi connectivity index (χ4v) is 3.75. The van der Waals surface area contributed by atoms with E-state index < -0.39 is 0 Å². The minimum absolute atomic E-state index is 0.00196. The minimum Gasteiger partial charge on any atom is -0.454 e. The molecular weight excluding hydrogens is 356 g/mol. The third kappa shape index (κ3) is 3.81. The molecule has 1 N–H and O–H groups in total. The van der Waals surface area contributed by atoms with Crippen LogP contribution in [0, 0.1) is 0 Å². The summed E-state index contributed by atoms with van der Waals surface area (Å²) in [4.78, 5) is 26.9. The van der Waals surface area contributed by atoms with Crippen molar-refractivity contribution in [3.8, 4) is 11.5 Å². The highest BCUT2D eigenvalue weighted by atomic mass is 16.7. The van der Waals surface area contributed by atoms with E-state index in [1.54, 1.807) is 0 Å². The number of ether oxygens (including phenoxy) is 2. The lowest BCUT2D eigenvalue weighted by Crippen LogP contribution is -2.42. The number of nitrogens with zero attached hydrogens (tertiary/aromatic N) is 1. The smallest absolute Gasteiger partial charge is 0.231 e. The monoisotopic (exact) mass is 380 g/mol. The number of benzene rings is 2. The van der Waals surface area contributed by atoms with Crippen molar-refractivity contribution in [1.82, 2.24) is 5.32 Å². The SMILES string of the molecule is C[C@H]1CCc2ccccc2N1C(=O)CCC(=O)NCc1ccc2c(c1)OCO2. The number of carbonyl (C=O) groups excluding carboxylic acids is 2. The zero-order chi connectivity index (χ0) is 19.5. The Kier molecular flexibility index (Phi) is 5.19. The predicted octanol–water partition coefficient (Wildman–Crippen LogP) is 3.18. The molecule has 28 heavy (non-hydrogen) atoms. The molecule has 4 rings (SSSR count). The summed E-state index contributed by atoms with van der Waals surface area (Å²) >= 11 is 0. The van der Waals surface area contributed by atoms with E-state index in [0.29, 0.717) is 12.3 Å². The first-order chi connectivity index (χ1) is 13.6. The Labute approximate surface area is 164 Å². The van der Waals surface area contributed by atoms with Crippen LogP contribution in [0.1, 0.15) is 37.3 Å². The average molecular weight is 380 g/mol. The van der Waals surface area contributed by atoms with Gasteiger partial charge in [-0.05, 0) is 49.1 Å². The van der Waals surface area contributed by atoms with Gasteiger partial charge in [-0.15, -0.1) is 0 Å². The van der Waals surface area contributed by atoms with Crippen molar-refractivity contribution < 1.29 is 19.1 Å². The largest absolute Gasteiger partial charge is 0.454 e. The van der Waals surface area contributed by atoms with Crippen LogP contribution in [0.5, 0.6) is 11.5 Å². The van der Waals surface area contributed by atoms with Crippen molar-refractivity contribution in [2.45, 2.75) is 45.2 Å². The van der Waals surface area contributed by atoms with Crippen LogP contribution in [0.3, 0.4) is 0 Å². The van der Waals surface area contributed by atoms with E-state index in [1.165, 1.54) is 5.56 Å². The Morgan fingerprint density at radius 2 is 1.93 bits per heavy atom. The molecule has 0 aromatic heterocycles. The van der Waals surface area contributed by atoms with Crippen molar-refractivity contribution in [2.75, 3.05) is 11.7 Å². The van der Waals surface area contributed by atoms with Gasteiger partial charge in [0.15, 0.2) is 11.5 Å². The Morgan fingerprint density at radius 3 is 2.82 bits per heavy atom. The molecule has 1 atom stereocenters. The molecule has 2 aliphatic rings. The van der Waals surface area contributed by atoms with Crippen molar-refractivity contribution in [2.24, 2.45) is 0 Å². The molecule has 2 heterocycles. The Morgan fingerprint density at radius 1 is 1.11 bits per heavy atom. The maximum atomic E-state index is 12.8. The molecule has 2 aliphatic heterocycles. The second-order valence-corrected chi connectivity index (χ2v) is 7.24. The maximum Gasteiger partial charge on any atom is 0.231 e. The lowest BCUT2D eigenvalue weighted by Gasteiger charge is -2.35. The lowest BCUT2D eigenvalue weighted by atomic mass is 9.96. The standard InChI is InChI=1S/C22H24N2O4/c1-15-6-8-17-4-2-3-5-18(17)24(15)22(26)11-10-21(25)23-13-16-7-9-19-20(12-16)28-14-27-19/h2-5,7,9,12,15H,6,8,10-11,13-14H2,1H3,(H,23,25)/t15-/m0/s1. The summed E-state index contributed by atoms with van der Waals surface area (Å²) in [6, 6.07) is 13.8. The number of hydrogen-bond donors (Lipinski definition) is 1. The first kappa shape index (κ1) is 18.3. The van der Waals surface area contributed by atoms with Gasteiger partial charge in [0.2, 0.25) is 18.6 Å². The summed E-state index contributed by atoms with van der Waals surface area (Å²) in [5, 5.41) is 2.87. The molecule has 0 unspecified atom stereocenters. The lowest BCUT2D eigenvalue weighted by molar-refractivity contribution is -0.125. The van der Waals surface area contributed by atoms with Crippen LogP contribution in [-0.4, -0.2) is 24.6 Å². The third-order valence-corrected chi connectivity index (χ3v) is 5.28. The van der Waals surface area contributed by atoms with Crippen molar-refractivity contribution in [3.05, 3.63) is 53.6 Å². The van der Waals surface area contributed by atoms with Gasteiger partial charge in [0.25, 0.3) is 0 Å².